The van der Waals surface area contributed by atoms with E-state index < -0.39 is 6.04 Å². The second-order valence-electron chi connectivity index (χ2n) is 5.97. The first-order chi connectivity index (χ1) is 11.0. The highest BCUT2D eigenvalue weighted by molar-refractivity contribution is 5.83. The lowest BCUT2D eigenvalue weighted by molar-refractivity contribution is -0.124. The van der Waals surface area contributed by atoms with E-state index in [4.69, 9.17) is 4.74 Å². The van der Waals surface area contributed by atoms with Crippen LogP contribution in [0.2, 0.25) is 0 Å². The third-order valence-corrected chi connectivity index (χ3v) is 4.40. The number of hydrogen-bond acceptors (Lipinski definition) is 4. The van der Waals surface area contributed by atoms with Crippen molar-refractivity contribution in [3.8, 4) is 5.75 Å². The Morgan fingerprint density at radius 2 is 2.22 bits per heavy atom. The molecule has 3 rings (SSSR count). The second-order valence-corrected chi connectivity index (χ2v) is 5.97. The van der Waals surface area contributed by atoms with Crippen LogP contribution >= 0.6 is 0 Å². The largest absolute Gasteiger partial charge is 0.490 e. The Hall–Kier alpha value is -2.34. The number of ether oxygens (including phenoxy) is 1. The number of likely N-dealkylation sites (N-methyl/N-ethyl adjacent to an activating group) is 1. The maximum Gasteiger partial charge on any atom is 0.242 e. The number of aryl methyl sites for hydroxylation is 2. The fourth-order valence-corrected chi connectivity index (χ4v) is 2.95. The molecule has 0 saturated carbocycles. The van der Waals surface area contributed by atoms with E-state index in [1.165, 1.54) is 5.56 Å². The lowest BCUT2D eigenvalue weighted by atomic mass is 10.0. The van der Waals surface area contributed by atoms with Crippen molar-refractivity contribution in [2.24, 2.45) is 7.05 Å². The Bertz CT molecular complexity index is 738. The second kappa shape index (κ2) is 6.04. The number of carbonyl (C=O) groups excluding carboxylic acids is 1. The highest BCUT2D eigenvalue weighted by Gasteiger charge is 2.30. The van der Waals surface area contributed by atoms with Crippen LogP contribution in [0.5, 0.6) is 5.75 Å². The maximum absolute atomic E-state index is 12.6. The van der Waals surface area contributed by atoms with Crippen LogP contribution in [0.15, 0.2) is 24.5 Å². The van der Waals surface area contributed by atoms with Gasteiger partial charge in [0.2, 0.25) is 5.91 Å². The molecule has 6 nitrogen and oxygen atoms in total. The molecule has 2 atom stereocenters. The number of amides is 1. The van der Waals surface area contributed by atoms with Gasteiger partial charge in [-0.1, -0.05) is 12.1 Å². The molecule has 1 amide bonds. The number of hydrogen-bond donors (Lipinski definition) is 2. The predicted molar refractivity (Wildman–Crippen MR) is 87.3 cm³/mol. The highest BCUT2D eigenvalue weighted by atomic mass is 16.5. The van der Waals surface area contributed by atoms with Crippen LogP contribution in [0.1, 0.15) is 34.3 Å². The van der Waals surface area contributed by atoms with E-state index in [2.05, 4.69) is 28.7 Å². The minimum absolute atomic E-state index is 0.0832. The standard InChI is InChI=1S/C17H22N4O2/c1-10-5-6-13-14(9-23-16(13)11(10)2)20-17(22)15(18-3)12-7-19-21(4)8-12/h5-8,14-15,18H,9H2,1-4H3,(H,20,22). The first-order valence-electron chi connectivity index (χ1n) is 7.70. The molecule has 2 N–H and O–H groups in total. The Morgan fingerprint density at radius 3 is 2.87 bits per heavy atom. The van der Waals surface area contributed by atoms with Crippen LogP contribution in [-0.4, -0.2) is 29.3 Å². The van der Waals surface area contributed by atoms with Crippen molar-refractivity contribution < 1.29 is 9.53 Å². The average Bonchev–Trinajstić information content (AvgIpc) is 3.11. The summed E-state index contributed by atoms with van der Waals surface area (Å²) in [5, 5.41) is 10.2. The summed E-state index contributed by atoms with van der Waals surface area (Å²) in [5.74, 6) is 0.817. The zero-order chi connectivity index (χ0) is 16.6. The summed E-state index contributed by atoms with van der Waals surface area (Å²) in [5.41, 5.74) is 4.21. The summed E-state index contributed by atoms with van der Waals surface area (Å²) in [4.78, 5) is 12.6. The SMILES string of the molecule is CNC(C(=O)NC1COc2c1ccc(C)c2C)c1cnn(C)c1. The number of benzene rings is 1. The Labute approximate surface area is 135 Å². The van der Waals surface area contributed by atoms with Gasteiger partial charge in [0, 0.05) is 24.4 Å². The molecular weight excluding hydrogens is 292 g/mol. The van der Waals surface area contributed by atoms with Crippen LogP contribution in [0.4, 0.5) is 0 Å². The van der Waals surface area contributed by atoms with E-state index in [9.17, 15) is 4.79 Å². The topological polar surface area (TPSA) is 68.2 Å². The monoisotopic (exact) mass is 314 g/mol. The molecule has 0 saturated heterocycles. The number of aromatic nitrogens is 2. The van der Waals surface area contributed by atoms with E-state index in [0.717, 1.165) is 22.4 Å². The highest BCUT2D eigenvalue weighted by Crippen LogP contribution is 2.36. The lowest BCUT2D eigenvalue weighted by Crippen LogP contribution is -2.38. The molecule has 23 heavy (non-hydrogen) atoms. The average molecular weight is 314 g/mol. The number of rotatable bonds is 4. The summed E-state index contributed by atoms with van der Waals surface area (Å²) >= 11 is 0. The molecule has 0 bridgehead atoms. The molecule has 1 aromatic carbocycles. The normalized spacial score (nSPS) is 17.5. The minimum atomic E-state index is -0.431. The lowest BCUT2D eigenvalue weighted by Gasteiger charge is -2.18. The molecule has 6 heteroatoms. The molecule has 2 heterocycles. The van der Waals surface area contributed by atoms with Gasteiger partial charge in [0.05, 0.1) is 12.2 Å². The van der Waals surface area contributed by atoms with Gasteiger partial charge in [-0.15, -0.1) is 0 Å². The van der Waals surface area contributed by atoms with Gasteiger partial charge in [-0.3, -0.25) is 9.48 Å². The van der Waals surface area contributed by atoms with E-state index in [1.807, 2.05) is 26.2 Å². The van der Waals surface area contributed by atoms with Crippen LogP contribution < -0.4 is 15.4 Å². The molecule has 0 radical (unpaired) electrons. The number of nitrogens with zero attached hydrogens (tertiary/aromatic N) is 2. The van der Waals surface area contributed by atoms with Crippen LogP contribution in [0.25, 0.3) is 0 Å². The minimum Gasteiger partial charge on any atom is -0.490 e. The Balaban J connectivity index is 1.78. The molecule has 1 aliphatic rings. The fraction of sp³-hybridized carbons (Fsp3) is 0.412. The summed E-state index contributed by atoms with van der Waals surface area (Å²) in [7, 11) is 3.60. The van der Waals surface area contributed by atoms with Crippen molar-refractivity contribution >= 4 is 5.91 Å². The van der Waals surface area contributed by atoms with Gasteiger partial charge in [0.25, 0.3) is 0 Å². The van der Waals surface area contributed by atoms with Crippen molar-refractivity contribution in [1.29, 1.82) is 0 Å². The molecule has 2 aromatic rings. The van der Waals surface area contributed by atoms with Gasteiger partial charge in [-0.25, -0.2) is 0 Å². The molecule has 122 valence electrons. The summed E-state index contributed by atoms with van der Waals surface area (Å²) in [6, 6.07) is 3.55. The zero-order valence-electron chi connectivity index (χ0n) is 13.9. The van der Waals surface area contributed by atoms with Crippen molar-refractivity contribution in [1.82, 2.24) is 20.4 Å². The van der Waals surface area contributed by atoms with Crippen molar-refractivity contribution in [3.63, 3.8) is 0 Å². The first-order valence-corrected chi connectivity index (χ1v) is 7.70. The van der Waals surface area contributed by atoms with E-state index in [0.29, 0.717) is 6.61 Å². The molecule has 2 unspecified atom stereocenters. The van der Waals surface area contributed by atoms with Gasteiger partial charge in [0.1, 0.15) is 18.4 Å². The molecule has 1 aromatic heterocycles. The third-order valence-electron chi connectivity index (χ3n) is 4.40. The van der Waals surface area contributed by atoms with Gasteiger partial charge in [-0.2, -0.15) is 5.10 Å². The zero-order valence-corrected chi connectivity index (χ0v) is 13.9. The fourth-order valence-electron chi connectivity index (χ4n) is 2.95. The van der Waals surface area contributed by atoms with Gasteiger partial charge < -0.3 is 15.4 Å². The number of fused-ring (bicyclic) bond motifs is 1. The Kier molecular flexibility index (Phi) is 4.09. The van der Waals surface area contributed by atoms with Crippen LogP contribution in [-0.2, 0) is 11.8 Å². The van der Waals surface area contributed by atoms with Gasteiger partial charge >= 0.3 is 0 Å². The maximum atomic E-state index is 12.6. The Morgan fingerprint density at radius 1 is 1.43 bits per heavy atom. The molecule has 0 aliphatic carbocycles. The van der Waals surface area contributed by atoms with Crippen LogP contribution in [0, 0.1) is 13.8 Å². The van der Waals surface area contributed by atoms with Gasteiger partial charge in [0.15, 0.2) is 0 Å². The quantitative estimate of drug-likeness (QED) is 0.898. The molecule has 1 aliphatic heterocycles. The van der Waals surface area contributed by atoms with E-state index in [-0.39, 0.29) is 11.9 Å². The number of nitrogens with one attached hydrogen (secondary N) is 2. The molecule has 0 fully saturated rings. The molecular formula is C17H22N4O2. The van der Waals surface area contributed by atoms with E-state index >= 15 is 0 Å². The van der Waals surface area contributed by atoms with E-state index in [1.54, 1.807) is 17.9 Å². The third kappa shape index (κ3) is 2.82. The first kappa shape index (κ1) is 15.6. The number of carbonyl (C=O) groups is 1. The summed E-state index contributed by atoms with van der Waals surface area (Å²) in [6.45, 7) is 4.57. The van der Waals surface area contributed by atoms with Gasteiger partial charge in [-0.05, 0) is 32.0 Å². The smallest absolute Gasteiger partial charge is 0.242 e. The van der Waals surface area contributed by atoms with Crippen molar-refractivity contribution in [3.05, 3.63) is 46.8 Å². The van der Waals surface area contributed by atoms with Crippen molar-refractivity contribution in [2.75, 3.05) is 13.7 Å². The van der Waals surface area contributed by atoms with Crippen molar-refractivity contribution in [2.45, 2.75) is 25.9 Å². The van der Waals surface area contributed by atoms with Crippen LogP contribution in [0.3, 0.4) is 0 Å². The molecule has 0 spiro atoms. The summed E-state index contributed by atoms with van der Waals surface area (Å²) < 4.78 is 7.48. The summed E-state index contributed by atoms with van der Waals surface area (Å²) in [6.07, 6.45) is 3.54. The predicted octanol–water partition coefficient (Wildman–Crippen LogP) is 1.55.